The Morgan fingerprint density at radius 2 is 2.27 bits per heavy atom. The fourth-order valence-electron chi connectivity index (χ4n) is 2.30. The molecular weight excluding hydrogens is 136 g/mol. The minimum atomic E-state index is 0.493. The van der Waals surface area contributed by atoms with Crippen LogP contribution < -0.4 is 11.1 Å². The summed E-state index contributed by atoms with van der Waals surface area (Å²) >= 11 is 0. The van der Waals surface area contributed by atoms with Gasteiger partial charge in [-0.25, -0.2) is 0 Å². The monoisotopic (exact) mass is 154 g/mol. The molecule has 64 valence electrons. The minimum absolute atomic E-state index is 0.493. The molecule has 2 fully saturated rings. The summed E-state index contributed by atoms with van der Waals surface area (Å²) in [6.07, 6.45) is 3.98. The van der Waals surface area contributed by atoms with Crippen LogP contribution in [0.15, 0.2) is 0 Å². The molecule has 0 amide bonds. The molecule has 2 heteroatoms. The van der Waals surface area contributed by atoms with Crippen molar-refractivity contribution in [3.8, 4) is 0 Å². The van der Waals surface area contributed by atoms with Crippen molar-refractivity contribution in [2.75, 3.05) is 13.1 Å². The standard InChI is InChI=1S/C9H18N2/c1-9(5-8(9)10)7-3-2-4-11-6-7/h7-8,11H,2-6,10H2,1H3/t7?,8-,9+/m0/s1. The molecule has 0 spiro atoms. The topological polar surface area (TPSA) is 38.0 Å². The van der Waals surface area contributed by atoms with Gasteiger partial charge in [0, 0.05) is 6.04 Å². The number of hydrogen-bond donors (Lipinski definition) is 2. The number of piperidine rings is 1. The minimum Gasteiger partial charge on any atom is -0.327 e. The number of rotatable bonds is 1. The molecule has 1 saturated carbocycles. The van der Waals surface area contributed by atoms with E-state index in [1.807, 2.05) is 0 Å². The summed E-state index contributed by atoms with van der Waals surface area (Å²) < 4.78 is 0. The van der Waals surface area contributed by atoms with Crippen LogP contribution in [0.2, 0.25) is 0 Å². The van der Waals surface area contributed by atoms with Crippen LogP contribution in [-0.2, 0) is 0 Å². The Labute approximate surface area is 68.5 Å². The third kappa shape index (κ3) is 1.18. The van der Waals surface area contributed by atoms with Crippen molar-refractivity contribution in [2.24, 2.45) is 17.1 Å². The number of nitrogens with two attached hydrogens (primary N) is 1. The fourth-order valence-corrected chi connectivity index (χ4v) is 2.30. The van der Waals surface area contributed by atoms with Gasteiger partial charge in [0.1, 0.15) is 0 Å². The molecule has 2 rings (SSSR count). The summed E-state index contributed by atoms with van der Waals surface area (Å²) in [5, 5.41) is 3.45. The summed E-state index contributed by atoms with van der Waals surface area (Å²) in [6, 6.07) is 0.493. The normalized spacial score (nSPS) is 50.7. The maximum atomic E-state index is 5.90. The highest BCUT2D eigenvalue weighted by Crippen LogP contribution is 2.52. The van der Waals surface area contributed by atoms with Crippen LogP contribution >= 0.6 is 0 Å². The van der Waals surface area contributed by atoms with Gasteiger partial charge in [0.15, 0.2) is 0 Å². The zero-order valence-corrected chi connectivity index (χ0v) is 7.27. The largest absolute Gasteiger partial charge is 0.327 e. The Kier molecular flexibility index (Phi) is 1.69. The van der Waals surface area contributed by atoms with Crippen LogP contribution in [0.3, 0.4) is 0 Å². The van der Waals surface area contributed by atoms with E-state index in [9.17, 15) is 0 Å². The second kappa shape index (κ2) is 2.46. The van der Waals surface area contributed by atoms with Crippen LogP contribution in [0.1, 0.15) is 26.2 Å². The lowest BCUT2D eigenvalue weighted by Crippen LogP contribution is -2.36. The van der Waals surface area contributed by atoms with E-state index < -0.39 is 0 Å². The first-order valence-corrected chi connectivity index (χ1v) is 4.70. The molecule has 0 bridgehead atoms. The SMILES string of the molecule is C[C@]1(C2CCCNC2)C[C@@H]1N. The van der Waals surface area contributed by atoms with Crippen LogP contribution in [0.5, 0.6) is 0 Å². The first-order valence-electron chi connectivity index (χ1n) is 4.70. The summed E-state index contributed by atoms with van der Waals surface area (Å²) in [5.41, 5.74) is 6.40. The van der Waals surface area contributed by atoms with Crippen molar-refractivity contribution in [3.05, 3.63) is 0 Å². The summed E-state index contributed by atoms with van der Waals surface area (Å²) in [7, 11) is 0. The molecule has 3 atom stereocenters. The average molecular weight is 154 g/mol. The first-order chi connectivity index (χ1) is 5.23. The Morgan fingerprint density at radius 1 is 1.55 bits per heavy atom. The van der Waals surface area contributed by atoms with Gasteiger partial charge in [-0.2, -0.15) is 0 Å². The van der Waals surface area contributed by atoms with Gasteiger partial charge in [-0.05, 0) is 43.7 Å². The highest BCUT2D eigenvalue weighted by molar-refractivity contribution is 5.07. The van der Waals surface area contributed by atoms with E-state index in [1.54, 1.807) is 0 Å². The number of nitrogens with one attached hydrogen (secondary N) is 1. The summed E-state index contributed by atoms with van der Waals surface area (Å²) in [5.74, 6) is 0.853. The molecule has 0 aromatic rings. The summed E-state index contributed by atoms with van der Waals surface area (Å²) in [6.45, 7) is 4.75. The third-order valence-corrected chi connectivity index (χ3v) is 3.58. The van der Waals surface area contributed by atoms with Crippen molar-refractivity contribution in [1.82, 2.24) is 5.32 Å². The van der Waals surface area contributed by atoms with E-state index >= 15 is 0 Å². The lowest BCUT2D eigenvalue weighted by atomic mass is 9.84. The van der Waals surface area contributed by atoms with Gasteiger partial charge in [0.2, 0.25) is 0 Å². The molecule has 2 nitrogen and oxygen atoms in total. The maximum Gasteiger partial charge on any atom is 0.0102 e. The van der Waals surface area contributed by atoms with Gasteiger partial charge in [-0.15, -0.1) is 0 Å². The van der Waals surface area contributed by atoms with E-state index in [0.29, 0.717) is 11.5 Å². The second-order valence-electron chi connectivity index (χ2n) is 4.36. The highest BCUT2D eigenvalue weighted by atomic mass is 14.9. The molecule has 1 heterocycles. The van der Waals surface area contributed by atoms with Gasteiger partial charge < -0.3 is 11.1 Å². The molecule has 1 saturated heterocycles. The van der Waals surface area contributed by atoms with Gasteiger partial charge in [-0.1, -0.05) is 6.92 Å². The predicted octanol–water partition coefficient (Wildman–Crippen LogP) is 0.723. The van der Waals surface area contributed by atoms with E-state index in [1.165, 1.54) is 32.4 Å². The Balaban J connectivity index is 1.94. The molecule has 1 aliphatic carbocycles. The molecule has 1 unspecified atom stereocenters. The molecule has 2 aliphatic rings. The Hall–Kier alpha value is -0.0800. The van der Waals surface area contributed by atoms with Gasteiger partial charge >= 0.3 is 0 Å². The Morgan fingerprint density at radius 3 is 2.73 bits per heavy atom. The van der Waals surface area contributed by atoms with Crippen LogP contribution in [0.25, 0.3) is 0 Å². The lowest BCUT2D eigenvalue weighted by molar-refractivity contribution is 0.255. The summed E-state index contributed by atoms with van der Waals surface area (Å²) in [4.78, 5) is 0. The van der Waals surface area contributed by atoms with Crippen molar-refractivity contribution in [3.63, 3.8) is 0 Å². The predicted molar refractivity (Wildman–Crippen MR) is 46.3 cm³/mol. The van der Waals surface area contributed by atoms with Crippen LogP contribution in [0.4, 0.5) is 0 Å². The Bertz CT molecular complexity index is 152. The van der Waals surface area contributed by atoms with Crippen LogP contribution in [0, 0.1) is 11.3 Å². The van der Waals surface area contributed by atoms with E-state index in [4.69, 9.17) is 5.73 Å². The zero-order valence-electron chi connectivity index (χ0n) is 7.27. The van der Waals surface area contributed by atoms with Gasteiger partial charge in [0.25, 0.3) is 0 Å². The van der Waals surface area contributed by atoms with Crippen molar-refractivity contribution in [1.29, 1.82) is 0 Å². The third-order valence-electron chi connectivity index (χ3n) is 3.58. The number of hydrogen-bond acceptors (Lipinski definition) is 2. The van der Waals surface area contributed by atoms with Crippen molar-refractivity contribution in [2.45, 2.75) is 32.2 Å². The highest BCUT2D eigenvalue weighted by Gasteiger charge is 2.52. The molecule has 3 N–H and O–H groups in total. The molecule has 1 aliphatic heterocycles. The molecule has 0 aromatic carbocycles. The maximum absolute atomic E-state index is 5.90. The molecule has 11 heavy (non-hydrogen) atoms. The molecule has 0 radical (unpaired) electrons. The van der Waals surface area contributed by atoms with Crippen molar-refractivity contribution >= 4 is 0 Å². The van der Waals surface area contributed by atoms with Crippen molar-refractivity contribution < 1.29 is 0 Å². The van der Waals surface area contributed by atoms with Gasteiger partial charge in [-0.3, -0.25) is 0 Å². The van der Waals surface area contributed by atoms with E-state index in [-0.39, 0.29) is 0 Å². The molecular formula is C9H18N2. The van der Waals surface area contributed by atoms with E-state index in [0.717, 1.165) is 5.92 Å². The quantitative estimate of drug-likeness (QED) is 0.584. The van der Waals surface area contributed by atoms with Gasteiger partial charge in [0.05, 0.1) is 0 Å². The zero-order chi connectivity index (χ0) is 7.90. The molecule has 0 aromatic heterocycles. The fraction of sp³-hybridized carbons (Fsp3) is 1.00. The smallest absolute Gasteiger partial charge is 0.0102 e. The van der Waals surface area contributed by atoms with E-state index in [2.05, 4.69) is 12.2 Å². The second-order valence-corrected chi connectivity index (χ2v) is 4.36. The first kappa shape index (κ1) is 7.56. The van der Waals surface area contributed by atoms with Crippen LogP contribution in [-0.4, -0.2) is 19.1 Å². The lowest BCUT2D eigenvalue weighted by Gasteiger charge is -2.28. The average Bonchev–Trinajstić information content (AvgIpc) is 2.64.